The van der Waals surface area contributed by atoms with Crippen LogP contribution in [-0.2, 0) is 20.9 Å². The van der Waals surface area contributed by atoms with E-state index in [1.807, 2.05) is 93.7 Å². The largest absolute Gasteiger partial charge is 0.454 e. The molecular weight excluding hydrogens is 630 g/mol. The molecule has 2 heterocycles. The number of esters is 1. The molecule has 0 saturated heterocycles. The first-order valence-corrected chi connectivity index (χ1v) is 11.8. The number of fused-ring (bicyclic) bond motifs is 2. The molecule has 1 aliphatic heterocycles. The average Bonchev–Trinajstić information content (AvgIpc) is 2.74. The SMILES string of the molecule is O=C(Cn1cc(I)c(=O)c(I)c1)OCC(=O)N1c2ccccc2Sc2ccccc21. The van der Waals surface area contributed by atoms with Crippen LogP contribution in [0.1, 0.15) is 0 Å². The van der Waals surface area contributed by atoms with Gasteiger partial charge in [-0.05, 0) is 69.4 Å². The normalized spacial score (nSPS) is 12.1. The Bertz CT molecular complexity index is 1140. The molecule has 0 fully saturated rings. The van der Waals surface area contributed by atoms with Crippen molar-refractivity contribution in [3.63, 3.8) is 0 Å². The van der Waals surface area contributed by atoms with Crippen molar-refractivity contribution >= 4 is 80.2 Å². The molecule has 9 heteroatoms. The number of hydrogen-bond donors (Lipinski definition) is 0. The van der Waals surface area contributed by atoms with Crippen molar-refractivity contribution in [2.75, 3.05) is 11.5 Å². The fraction of sp³-hybridized carbons (Fsp3) is 0.0952. The Balaban J connectivity index is 1.50. The highest BCUT2D eigenvalue weighted by Crippen LogP contribution is 2.47. The number of benzene rings is 2. The Morgan fingerprint density at radius 3 is 2.00 bits per heavy atom. The summed E-state index contributed by atoms with van der Waals surface area (Å²) in [4.78, 5) is 40.7. The maximum absolute atomic E-state index is 13.0. The monoisotopic (exact) mass is 644 g/mol. The summed E-state index contributed by atoms with van der Waals surface area (Å²) in [5.41, 5.74) is 1.47. The first-order chi connectivity index (χ1) is 14.4. The second-order valence-electron chi connectivity index (χ2n) is 6.38. The molecule has 152 valence electrons. The van der Waals surface area contributed by atoms with Crippen molar-refractivity contribution in [1.29, 1.82) is 0 Å². The predicted molar refractivity (Wildman–Crippen MR) is 131 cm³/mol. The van der Waals surface area contributed by atoms with Gasteiger partial charge >= 0.3 is 5.97 Å². The number of ether oxygens (including phenoxy) is 1. The third kappa shape index (κ3) is 4.42. The predicted octanol–water partition coefficient (Wildman–Crippen LogP) is 4.43. The molecule has 0 atom stereocenters. The molecule has 0 spiro atoms. The van der Waals surface area contributed by atoms with Crippen LogP contribution in [0.5, 0.6) is 0 Å². The van der Waals surface area contributed by atoms with Crippen LogP contribution in [0.4, 0.5) is 11.4 Å². The summed E-state index contributed by atoms with van der Waals surface area (Å²) in [6.45, 7) is -0.455. The van der Waals surface area contributed by atoms with Gasteiger partial charge in [0, 0.05) is 22.2 Å². The fourth-order valence-electron chi connectivity index (χ4n) is 3.03. The quantitative estimate of drug-likeness (QED) is 0.311. The highest BCUT2D eigenvalue weighted by molar-refractivity contribution is 14.1. The number of anilines is 2. The van der Waals surface area contributed by atoms with Crippen molar-refractivity contribution in [2.24, 2.45) is 0 Å². The second-order valence-corrected chi connectivity index (χ2v) is 9.79. The Kier molecular flexibility index (Phi) is 6.48. The second kappa shape index (κ2) is 9.10. The first-order valence-electron chi connectivity index (χ1n) is 8.83. The number of pyridine rings is 1. The van der Waals surface area contributed by atoms with Crippen LogP contribution in [0.15, 0.2) is 75.5 Å². The molecule has 1 amide bonds. The topological polar surface area (TPSA) is 68.6 Å². The van der Waals surface area contributed by atoms with Crippen LogP contribution in [0.2, 0.25) is 0 Å². The molecule has 0 saturated carbocycles. The smallest absolute Gasteiger partial charge is 0.326 e. The van der Waals surface area contributed by atoms with E-state index < -0.39 is 5.97 Å². The minimum Gasteiger partial charge on any atom is -0.454 e. The van der Waals surface area contributed by atoms with Crippen LogP contribution in [0, 0.1) is 7.14 Å². The van der Waals surface area contributed by atoms with Crippen molar-refractivity contribution < 1.29 is 14.3 Å². The van der Waals surface area contributed by atoms with Crippen LogP contribution in [-0.4, -0.2) is 23.1 Å². The zero-order chi connectivity index (χ0) is 21.3. The van der Waals surface area contributed by atoms with E-state index in [0.717, 1.165) is 21.2 Å². The van der Waals surface area contributed by atoms with Gasteiger partial charge in [-0.15, -0.1) is 0 Å². The number of hydrogen-bond acceptors (Lipinski definition) is 5. The van der Waals surface area contributed by atoms with Gasteiger partial charge in [-0.25, -0.2) is 0 Å². The molecule has 0 radical (unpaired) electrons. The van der Waals surface area contributed by atoms with E-state index >= 15 is 0 Å². The Hall–Kier alpha value is -1.86. The fourth-order valence-corrected chi connectivity index (χ4v) is 5.90. The van der Waals surface area contributed by atoms with Gasteiger partial charge in [0.25, 0.3) is 5.91 Å². The molecule has 0 N–H and O–H groups in total. The summed E-state index contributed by atoms with van der Waals surface area (Å²) in [5.74, 6) is -0.876. The number of nitrogens with zero attached hydrogens (tertiary/aromatic N) is 2. The standard InChI is InChI=1S/C21H14I2N2O4S/c22-13-9-24(10-14(23)21(13)28)11-20(27)29-12-19(26)25-15-5-1-3-7-17(15)30-18-8-4-2-6-16(18)25/h1-10H,11-12H2. The van der Waals surface area contributed by atoms with Crippen molar-refractivity contribution in [2.45, 2.75) is 16.3 Å². The van der Waals surface area contributed by atoms with E-state index in [1.165, 1.54) is 0 Å². The summed E-state index contributed by atoms with van der Waals surface area (Å²) in [5, 5.41) is 0. The third-order valence-electron chi connectivity index (χ3n) is 4.34. The molecule has 0 aliphatic carbocycles. The number of para-hydroxylation sites is 2. The summed E-state index contributed by atoms with van der Waals surface area (Å²) >= 11 is 5.46. The number of carbonyl (C=O) groups is 2. The average molecular weight is 644 g/mol. The van der Waals surface area contributed by atoms with E-state index in [-0.39, 0.29) is 24.5 Å². The lowest BCUT2D eigenvalue weighted by molar-refractivity contribution is -0.148. The van der Waals surface area contributed by atoms with E-state index in [4.69, 9.17) is 4.74 Å². The molecule has 1 aromatic heterocycles. The van der Waals surface area contributed by atoms with Gasteiger partial charge < -0.3 is 9.30 Å². The zero-order valence-electron chi connectivity index (χ0n) is 15.4. The number of aromatic nitrogens is 1. The molecule has 0 bridgehead atoms. The van der Waals surface area contributed by atoms with Crippen molar-refractivity contribution in [3.05, 3.63) is 78.3 Å². The van der Waals surface area contributed by atoms with E-state index in [1.54, 1.807) is 33.6 Å². The highest BCUT2D eigenvalue weighted by Gasteiger charge is 2.28. The molecule has 1 aliphatic rings. The van der Waals surface area contributed by atoms with Crippen LogP contribution < -0.4 is 10.3 Å². The summed E-state index contributed by atoms with van der Waals surface area (Å²) in [6.07, 6.45) is 3.17. The number of rotatable bonds is 4. The minimum atomic E-state index is -0.549. The molecule has 30 heavy (non-hydrogen) atoms. The van der Waals surface area contributed by atoms with Crippen molar-refractivity contribution in [1.82, 2.24) is 4.57 Å². The molecule has 6 nitrogen and oxygen atoms in total. The van der Waals surface area contributed by atoms with Crippen LogP contribution in [0.25, 0.3) is 0 Å². The molecule has 2 aromatic carbocycles. The minimum absolute atomic E-state index is 0.0729. The third-order valence-corrected chi connectivity index (χ3v) is 7.01. The van der Waals surface area contributed by atoms with Crippen LogP contribution in [0.3, 0.4) is 0 Å². The van der Waals surface area contributed by atoms with E-state index in [9.17, 15) is 14.4 Å². The van der Waals surface area contributed by atoms with E-state index in [2.05, 4.69) is 0 Å². The van der Waals surface area contributed by atoms with Gasteiger partial charge in [-0.2, -0.15) is 0 Å². The number of halogens is 2. The first kappa shape index (κ1) is 21.4. The number of amides is 1. The van der Waals surface area contributed by atoms with Crippen LogP contribution >= 0.6 is 56.9 Å². The van der Waals surface area contributed by atoms with Gasteiger partial charge in [-0.3, -0.25) is 19.3 Å². The number of carbonyl (C=O) groups excluding carboxylic acids is 2. The van der Waals surface area contributed by atoms with Gasteiger partial charge in [0.1, 0.15) is 6.54 Å². The summed E-state index contributed by atoms with van der Waals surface area (Å²) in [6, 6.07) is 15.3. The molecule has 4 rings (SSSR count). The lowest BCUT2D eigenvalue weighted by atomic mass is 10.2. The maximum Gasteiger partial charge on any atom is 0.326 e. The Labute approximate surface area is 203 Å². The highest BCUT2D eigenvalue weighted by atomic mass is 127. The Morgan fingerprint density at radius 1 is 0.900 bits per heavy atom. The van der Waals surface area contributed by atoms with Gasteiger partial charge in [0.2, 0.25) is 5.43 Å². The lowest BCUT2D eigenvalue weighted by Crippen LogP contribution is -2.33. The Morgan fingerprint density at radius 2 is 1.43 bits per heavy atom. The van der Waals surface area contributed by atoms with Gasteiger partial charge in [-0.1, -0.05) is 36.0 Å². The lowest BCUT2D eigenvalue weighted by Gasteiger charge is -2.30. The zero-order valence-corrected chi connectivity index (χ0v) is 20.5. The summed E-state index contributed by atoms with van der Waals surface area (Å²) in [7, 11) is 0. The van der Waals surface area contributed by atoms with Crippen molar-refractivity contribution in [3.8, 4) is 0 Å². The van der Waals surface area contributed by atoms with Gasteiger partial charge in [0.15, 0.2) is 6.61 Å². The molecule has 3 aromatic rings. The molecule has 0 unspecified atom stereocenters. The summed E-state index contributed by atoms with van der Waals surface area (Å²) < 4.78 is 7.88. The molecular formula is C21H14I2N2O4S. The van der Waals surface area contributed by atoms with E-state index in [0.29, 0.717) is 7.14 Å². The maximum atomic E-state index is 13.0. The van der Waals surface area contributed by atoms with Gasteiger partial charge in [0.05, 0.1) is 18.5 Å².